The molecule has 0 bridgehead atoms. The van der Waals surface area contributed by atoms with Crippen LogP contribution >= 0.6 is 23.2 Å². The molecule has 16 heavy (non-hydrogen) atoms. The van der Waals surface area contributed by atoms with Crippen molar-refractivity contribution >= 4 is 23.2 Å². The van der Waals surface area contributed by atoms with Crippen LogP contribution in [0.4, 0.5) is 0 Å². The lowest BCUT2D eigenvalue weighted by molar-refractivity contribution is 0.169. The van der Waals surface area contributed by atoms with Crippen LogP contribution in [0.3, 0.4) is 0 Å². The van der Waals surface area contributed by atoms with Gasteiger partial charge in [0.05, 0.1) is 6.61 Å². The fourth-order valence-electron chi connectivity index (χ4n) is 1.28. The van der Waals surface area contributed by atoms with Crippen molar-refractivity contribution in [3.63, 3.8) is 0 Å². The Morgan fingerprint density at radius 3 is 2.62 bits per heavy atom. The van der Waals surface area contributed by atoms with Gasteiger partial charge in [-0.05, 0) is 37.1 Å². The van der Waals surface area contributed by atoms with Gasteiger partial charge in [-0.3, -0.25) is 0 Å². The van der Waals surface area contributed by atoms with Gasteiger partial charge in [0, 0.05) is 22.1 Å². The fraction of sp³-hybridized carbons (Fsp3) is 0.500. The molecule has 1 unspecified atom stereocenters. The fourth-order valence-corrected chi connectivity index (χ4v) is 1.66. The number of benzene rings is 1. The molecule has 2 N–H and O–H groups in total. The molecule has 0 aliphatic carbocycles. The average Bonchev–Trinajstić information content (AvgIpc) is 2.30. The summed E-state index contributed by atoms with van der Waals surface area (Å²) in [5.41, 5.74) is 0.674. The molecule has 0 radical (unpaired) electrons. The van der Waals surface area contributed by atoms with Crippen LogP contribution in [-0.2, 0) is 6.54 Å². The molecule has 0 aliphatic heterocycles. The van der Waals surface area contributed by atoms with Crippen molar-refractivity contribution in [2.24, 2.45) is 0 Å². The van der Waals surface area contributed by atoms with Crippen molar-refractivity contribution in [2.75, 3.05) is 6.61 Å². The molecule has 0 heterocycles. The number of nitrogens with one attached hydrogen (secondary N) is 1. The van der Waals surface area contributed by atoms with Gasteiger partial charge in [0.15, 0.2) is 0 Å². The zero-order valence-corrected chi connectivity index (χ0v) is 11.1. The third-order valence-electron chi connectivity index (χ3n) is 2.84. The Morgan fingerprint density at radius 1 is 1.38 bits per heavy atom. The molecule has 0 amide bonds. The zero-order chi connectivity index (χ0) is 12.2. The molecule has 90 valence electrons. The Balaban J connectivity index is 2.70. The van der Waals surface area contributed by atoms with Crippen LogP contribution in [0, 0.1) is 0 Å². The lowest BCUT2D eigenvalue weighted by Crippen LogP contribution is -2.44. The van der Waals surface area contributed by atoms with E-state index in [0.717, 1.165) is 12.0 Å². The highest BCUT2D eigenvalue weighted by Crippen LogP contribution is 2.21. The Morgan fingerprint density at radius 2 is 2.06 bits per heavy atom. The minimum absolute atomic E-state index is 0.0989. The van der Waals surface area contributed by atoms with Gasteiger partial charge >= 0.3 is 0 Å². The predicted octanol–water partition coefficient (Wildman–Crippen LogP) is 3.24. The second-order valence-corrected chi connectivity index (χ2v) is 5.01. The van der Waals surface area contributed by atoms with E-state index in [2.05, 4.69) is 5.32 Å². The van der Waals surface area contributed by atoms with Crippen molar-refractivity contribution < 1.29 is 5.11 Å². The third-order valence-corrected chi connectivity index (χ3v) is 3.45. The number of aliphatic hydroxyl groups is 1. The lowest BCUT2D eigenvalue weighted by atomic mass is 10.00. The Labute approximate surface area is 107 Å². The molecule has 1 rings (SSSR count). The SMILES string of the molecule is CCC(C)(CO)NCc1cc(Cl)ccc1Cl. The molecule has 1 aromatic rings. The first kappa shape index (κ1) is 13.8. The quantitative estimate of drug-likeness (QED) is 0.853. The average molecular weight is 262 g/mol. The van der Waals surface area contributed by atoms with E-state index >= 15 is 0 Å². The Bertz CT molecular complexity index is 351. The molecule has 0 aromatic heterocycles. The third kappa shape index (κ3) is 3.63. The second kappa shape index (κ2) is 5.87. The highest BCUT2D eigenvalue weighted by Gasteiger charge is 2.19. The predicted molar refractivity (Wildman–Crippen MR) is 69.1 cm³/mol. The summed E-state index contributed by atoms with van der Waals surface area (Å²) < 4.78 is 0. The maximum absolute atomic E-state index is 9.27. The number of halogens is 2. The van der Waals surface area contributed by atoms with Crippen LogP contribution in [0.5, 0.6) is 0 Å². The van der Waals surface area contributed by atoms with Gasteiger partial charge in [-0.2, -0.15) is 0 Å². The Hall–Kier alpha value is -0.280. The van der Waals surface area contributed by atoms with Crippen LogP contribution in [0.15, 0.2) is 18.2 Å². The molecule has 1 atom stereocenters. The van der Waals surface area contributed by atoms with E-state index in [0.29, 0.717) is 16.6 Å². The topological polar surface area (TPSA) is 32.3 Å². The molecule has 0 spiro atoms. The molecule has 2 nitrogen and oxygen atoms in total. The first-order chi connectivity index (χ1) is 7.50. The maximum Gasteiger partial charge on any atom is 0.0610 e. The van der Waals surface area contributed by atoms with Crippen molar-refractivity contribution in [3.8, 4) is 0 Å². The highest BCUT2D eigenvalue weighted by molar-refractivity contribution is 6.33. The first-order valence-corrected chi connectivity index (χ1v) is 6.06. The van der Waals surface area contributed by atoms with Gasteiger partial charge in [-0.25, -0.2) is 0 Å². The van der Waals surface area contributed by atoms with Gasteiger partial charge in [0.1, 0.15) is 0 Å². The van der Waals surface area contributed by atoms with Crippen molar-refractivity contribution in [1.29, 1.82) is 0 Å². The van der Waals surface area contributed by atoms with E-state index in [1.165, 1.54) is 0 Å². The van der Waals surface area contributed by atoms with Gasteiger partial charge in [0.2, 0.25) is 0 Å². The minimum atomic E-state index is -0.272. The number of hydrogen-bond donors (Lipinski definition) is 2. The Kier molecular flexibility index (Phi) is 5.06. The van der Waals surface area contributed by atoms with Crippen LogP contribution in [0.1, 0.15) is 25.8 Å². The van der Waals surface area contributed by atoms with Gasteiger partial charge in [0.25, 0.3) is 0 Å². The van der Waals surface area contributed by atoms with Crippen LogP contribution < -0.4 is 5.32 Å². The van der Waals surface area contributed by atoms with E-state index in [9.17, 15) is 5.11 Å². The smallest absolute Gasteiger partial charge is 0.0610 e. The van der Waals surface area contributed by atoms with Gasteiger partial charge < -0.3 is 10.4 Å². The van der Waals surface area contributed by atoms with Crippen molar-refractivity contribution in [3.05, 3.63) is 33.8 Å². The van der Waals surface area contributed by atoms with Crippen LogP contribution in [0.25, 0.3) is 0 Å². The van der Waals surface area contributed by atoms with Crippen LogP contribution in [0.2, 0.25) is 10.0 Å². The summed E-state index contributed by atoms with van der Waals surface area (Å²) in [6, 6.07) is 5.38. The summed E-state index contributed by atoms with van der Waals surface area (Å²) in [5.74, 6) is 0. The van der Waals surface area contributed by atoms with E-state index in [-0.39, 0.29) is 12.1 Å². The van der Waals surface area contributed by atoms with Crippen molar-refractivity contribution in [1.82, 2.24) is 5.32 Å². The summed E-state index contributed by atoms with van der Waals surface area (Å²) >= 11 is 11.9. The zero-order valence-electron chi connectivity index (χ0n) is 9.56. The summed E-state index contributed by atoms with van der Waals surface area (Å²) in [6.07, 6.45) is 0.849. The minimum Gasteiger partial charge on any atom is -0.394 e. The second-order valence-electron chi connectivity index (χ2n) is 4.16. The molecular weight excluding hydrogens is 245 g/mol. The van der Waals surface area contributed by atoms with E-state index in [1.54, 1.807) is 12.1 Å². The standard InChI is InChI=1S/C12H17Cl2NO/c1-3-12(2,8-16)15-7-9-6-10(13)4-5-11(9)14/h4-6,15-16H,3,7-8H2,1-2H3. The van der Waals surface area contributed by atoms with E-state index in [1.807, 2.05) is 19.9 Å². The molecule has 0 aliphatic rings. The molecule has 0 fully saturated rings. The molecular formula is C12H17Cl2NO. The normalized spacial score (nSPS) is 14.8. The molecule has 4 heteroatoms. The van der Waals surface area contributed by atoms with Crippen molar-refractivity contribution in [2.45, 2.75) is 32.4 Å². The van der Waals surface area contributed by atoms with E-state index in [4.69, 9.17) is 23.2 Å². The summed E-state index contributed by atoms with van der Waals surface area (Å²) in [7, 11) is 0. The summed E-state index contributed by atoms with van der Waals surface area (Å²) in [6.45, 7) is 4.71. The summed E-state index contributed by atoms with van der Waals surface area (Å²) in [4.78, 5) is 0. The number of rotatable bonds is 5. The molecule has 0 saturated heterocycles. The number of hydrogen-bond acceptors (Lipinski definition) is 2. The van der Waals surface area contributed by atoms with Gasteiger partial charge in [-0.1, -0.05) is 30.1 Å². The lowest BCUT2D eigenvalue weighted by Gasteiger charge is -2.27. The maximum atomic E-state index is 9.27. The van der Waals surface area contributed by atoms with Crippen LogP contribution in [-0.4, -0.2) is 17.3 Å². The highest BCUT2D eigenvalue weighted by atomic mass is 35.5. The number of aliphatic hydroxyl groups excluding tert-OH is 1. The van der Waals surface area contributed by atoms with Gasteiger partial charge in [-0.15, -0.1) is 0 Å². The monoisotopic (exact) mass is 261 g/mol. The largest absolute Gasteiger partial charge is 0.394 e. The summed E-state index contributed by atoms with van der Waals surface area (Å²) in [5, 5.41) is 13.9. The first-order valence-electron chi connectivity index (χ1n) is 5.30. The molecule has 0 saturated carbocycles. The molecule has 1 aromatic carbocycles. The van der Waals surface area contributed by atoms with E-state index < -0.39 is 0 Å².